The van der Waals surface area contributed by atoms with Crippen molar-refractivity contribution in [2.24, 2.45) is 11.8 Å². The molecule has 310 valence electrons. The van der Waals surface area contributed by atoms with Crippen LogP contribution in [-0.2, 0) is 39.8 Å². The molecular weight excluding hydrogens is 771 g/mol. The Labute approximate surface area is 343 Å². The molecule has 0 aliphatic carbocycles. The second kappa shape index (κ2) is 18.7. The molecule has 3 heterocycles. The second-order valence-electron chi connectivity index (χ2n) is 15.3. The summed E-state index contributed by atoms with van der Waals surface area (Å²) < 4.78 is 29.7. The number of anilines is 2. The lowest BCUT2D eigenvalue weighted by atomic mass is 9.83. The van der Waals surface area contributed by atoms with Crippen molar-refractivity contribution in [2.45, 2.75) is 96.0 Å². The van der Waals surface area contributed by atoms with Gasteiger partial charge in [0, 0.05) is 49.9 Å². The zero-order valence-electron chi connectivity index (χ0n) is 34.1. The van der Waals surface area contributed by atoms with Crippen LogP contribution in [-0.4, -0.2) is 98.0 Å². The smallest absolute Gasteiger partial charge is 0.409 e. The summed E-state index contributed by atoms with van der Waals surface area (Å²) in [7, 11) is 7.95. The van der Waals surface area contributed by atoms with E-state index >= 15 is 0 Å². The summed E-state index contributed by atoms with van der Waals surface area (Å²) in [6.07, 6.45) is 3.84. The van der Waals surface area contributed by atoms with Crippen molar-refractivity contribution in [1.82, 2.24) is 5.32 Å². The molecule has 2 aromatic rings. The van der Waals surface area contributed by atoms with Gasteiger partial charge in [0.2, 0.25) is 11.8 Å². The molecule has 3 aliphatic heterocycles. The molecule has 5 rings (SSSR count). The van der Waals surface area contributed by atoms with E-state index in [9.17, 15) is 24.3 Å². The number of alkyl carbamates (subject to hydrolysis) is 1. The van der Waals surface area contributed by atoms with E-state index in [1.807, 2.05) is 62.6 Å². The average molecular weight is 826 g/mol. The number of carbonyl (C=O) groups excluding carboxylic acids is 4. The second-order valence-corrected chi connectivity index (χ2v) is 18.0. The Kier molecular flexibility index (Phi) is 14.5. The van der Waals surface area contributed by atoms with E-state index in [4.69, 9.17) is 23.7 Å². The molecule has 0 saturated carbocycles. The number of allylic oxidation sites excluding steroid dienone is 3. The van der Waals surface area contributed by atoms with Gasteiger partial charge in [-0.05, 0) is 61.9 Å². The number of methoxy groups -OCH3 is 2. The van der Waals surface area contributed by atoms with Crippen LogP contribution in [0.4, 0.5) is 16.2 Å². The van der Waals surface area contributed by atoms with Crippen molar-refractivity contribution in [1.29, 1.82) is 0 Å². The van der Waals surface area contributed by atoms with Crippen LogP contribution in [0, 0.1) is 11.8 Å². The molecule has 57 heavy (non-hydrogen) atoms. The van der Waals surface area contributed by atoms with Gasteiger partial charge in [-0.3, -0.25) is 19.7 Å². The SMILES string of the molecule is COc1cc2cc(c1-c1ccc(NC(=O)CCSSC)cc1)N(C)C(=O)C[C@H](OC(=O)C(C)C)[C@]1(C)O[C@H]1[C@H](C)[C@@H]1C[C@@](O)(NC(=O)O1)[C@H](OC)/C=C/C=C(\C)C2. The number of carbonyl (C=O) groups is 4. The first kappa shape index (κ1) is 44.1. The highest BCUT2D eigenvalue weighted by atomic mass is 33.1. The average Bonchev–Trinajstić information content (AvgIpc) is 3.86. The molecule has 13 nitrogen and oxygen atoms in total. The summed E-state index contributed by atoms with van der Waals surface area (Å²) in [5.74, 6) is -0.623. The molecular formula is C42H55N3O10S2. The fraction of sp³-hybridized carbons (Fsp3) is 0.524. The Balaban J connectivity index is 1.59. The Morgan fingerprint density at radius 2 is 1.88 bits per heavy atom. The molecule has 3 aliphatic rings. The molecule has 15 heteroatoms. The first-order valence-electron chi connectivity index (χ1n) is 19.0. The zero-order chi connectivity index (χ0) is 41.7. The molecule has 7 atom stereocenters. The highest BCUT2D eigenvalue weighted by Gasteiger charge is 2.64. The summed E-state index contributed by atoms with van der Waals surface area (Å²) in [5.41, 5.74) is 1.51. The summed E-state index contributed by atoms with van der Waals surface area (Å²) in [6, 6.07) is 11.3. The third-order valence-corrected chi connectivity index (χ3v) is 12.5. The maximum absolute atomic E-state index is 14.5. The van der Waals surface area contributed by atoms with Gasteiger partial charge in [-0.1, -0.05) is 78.3 Å². The summed E-state index contributed by atoms with van der Waals surface area (Å²) in [4.78, 5) is 54.6. The Morgan fingerprint density at radius 3 is 2.53 bits per heavy atom. The number of rotatable bonds is 10. The zero-order valence-corrected chi connectivity index (χ0v) is 35.7. The van der Waals surface area contributed by atoms with Crippen LogP contribution in [0.25, 0.3) is 11.1 Å². The van der Waals surface area contributed by atoms with Gasteiger partial charge in [0.1, 0.15) is 29.7 Å². The van der Waals surface area contributed by atoms with Gasteiger partial charge in [0.25, 0.3) is 0 Å². The Bertz CT molecular complexity index is 1870. The normalized spacial score (nSPS) is 29.3. The van der Waals surface area contributed by atoms with E-state index in [1.165, 1.54) is 7.11 Å². The van der Waals surface area contributed by atoms with Gasteiger partial charge in [0.05, 0.1) is 31.2 Å². The molecule has 4 bridgehead atoms. The van der Waals surface area contributed by atoms with E-state index < -0.39 is 59.6 Å². The quantitative estimate of drug-likeness (QED) is 0.101. The molecule has 0 unspecified atom stereocenters. The number of nitrogens with one attached hydrogen (secondary N) is 2. The molecule has 0 spiro atoms. The molecule has 2 saturated heterocycles. The van der Waals surface area contributed by atoms with Crippen molar-refractivity contribution in [3.05, 3.63) is 65.8 Å². The van der Waals surface area contributed by atoms with Crippen molar-refractivity contribution in [3.63, 3.8) is 0 Å². The molecule has 3 amide bonds. The number of aliphatic hydroxyl groups is 1. The van der Waals surface area contributed by atoms with Crippen LogP contribution in [0.15, 0.2) is 60.2 Å². The monoisotopic (exact) mass is 825 g/mol. The minimum Gasteiger partial charge on any atom is -0.496 e. The maximum Gasteiger partial charge on any atom is 0.409 e. The largest absolute Gasteiger partial charge is 0.496 e. The molecule has 2 fully saturated rings. The fourth-order valence-electron chi connectivity index (χ4n) is 7.38. The van der Waals surface area contributed by atoms with Crippen LogP contribution in [0.2, 0.25) is 0 Å². The summed E-state index contributed by atoms with van der Waals surface area (Å²) >= 11 is 0. The highest BCUT2D eigenvalue weighted by molar-refractivity contribution is 8.76. The van der Waals surface area contributed by atoms with E-state index in [0.717, 1.165) is 16.7 Å². The van der Waals surface area contributed by atoms with Crippen molar-refractivity contribution >= 4 is 56.8 Å². The Hall–Kier alpha value is -4.02. The fourth-order valence-corrected chi connectivity index (χ4v) is 8.57. The number of hydrogen-bond acceptors (Lipinski definition) is 12. The minimum atomic E-state index is -1.80. The number of epoxide rings is 1. The molecule has 0 aromatic heterocycles. The number of nitrogens with zero attached hydrogens (tertiary/aromatic N) is 1. The topological polar surface area (TPSA) is 165 Å². The van der Waals surface area contributed by atoms with Crippen LogP contribution in [0.3, 0.4) is 0 Å². The van der Waals surface area contributed by atoms with Gasteiger partial charge >= 0.3 is 12.1 Å². The van der Waals surface area contributed by atoms with Crippen molar-refractivity contribution in [3.8, 4) is 16.9 Å². The number of amides is 3. The van der Waals surface area contributed by atoms with Gasteiger partial charge in [-0.15, -0.1) is 0 Å². The summed E-state index contributed by atoms with van der Waals surface area (Å²) in [6.45, 7) is 9.01. The molecule has 3 N–H and O–H groups in total. The Morgan fingerprint density at radius 1 is 1.16 bits per heavy atom. The van der Waals surface area contributed by atoms with Gasteiger partial charge in [-0.2, -0.15) is 0 Å². The maximum atomic E-state index is 14.5. The molecule has 0 radical (unpaired) electrons. The first-order chi connectivity index (χ1) is 27.0. The third-order valence-electron chi connectivity index (χ3n) is 10.7. The van der Waals surface area contributed by atoms with Crippen molar-refractivity contribution < 1.29 is 48.0 Å². The predicted molar refractivity (Wildman–Crippen MR) is 223 cm³/mol. The van der Waals surface area contributed by atoms with Gasteiger partial charge < -0.3 is 39.0 Å². The predicted octanol–water partition coefficient (Wildman–Crippen LogP) is 6.68. The third kappa shape index (κ3) is 10.4. The number of benzene rings is 2. The molecule has 2 aromatic carbocycles. The lowest BCUT2D eigenvalue weighted by Crippen LogP contribution is -2.63. The number of fused-ring (bicyclic) bond motifs is 5. The lowest BCUT2D eigenvalue weighted by Gasteiger charge is -2.42. The van der Waals surface area contributed by atoms with Crippen LogP contribution >= 0.6 is 21.6 Å². The van der Waals surface area contributed by atoms with E-state index in [0.29, 0.717) is 41.3 Å². The van der Waals surface area contributed by atoms with Gasteiger partial charge in [0.15, 0.2) is 5.72 Å². The number of esters is 1. The van der Waals surface area contributed by atoms with E-state index in [2.05, 4.69) is 10.6 Å². The standard InChI is InChI=1S/C42H55N3O10S2/c1-24(2)39(48)54-34-22-36(47)45(6)30-20-27(21-31(51-7)37(30)28-13-15-29(16-14-28)43-35(46)17-18-57-56-9)19-25(3)11-10-12-33(52-8)42(50)23-32(53-40(49)44-42)26(4)38-41(34,5)55-38/h10-16,20-21,24,26,32-34,38,50H,17-19,22-23H2,1-9H3,(H,43,46)(H,44,49)/b12-10+,25-11+/t26-,32+,33-,34+,38+,41+,42+/m1/s1. The first-order valence-corrected chi connectivity index (χ1v) is 21.8. The number of ether oxygens (including phenoxy) is 5. The van der Waals surface area contributed by atoms with E-state index in [1.54, 1.807) is 73.6 Å². The summed E-state index contributed by atoms with van der Waals surface area (Å²) in [5, 5.41) is 17.3. The van der Waals surface area contributed by atoms with Crippen LogP contribution in [0.1, 0.15) is 59.4 Å². The van der Waals surface area contributed by atoms with Crippen LogP contribution < -0.4 is 20.3 Å². The lowest BCUT2D eigenvalue weighted by molar-refractivity contribution is -0.157. The number of hydrogen-bond donors (Lipinski definition) is 3. The van der Waals surface area contributed by atoms with E-state index in [-0.39, 0.29) is 24.7 Å². The van der Waals surface area contributed by atoms with Gasteiger partial charge in [-0.25, -0.2) is 4.79 Å². The van der Waals surface area contributed by atoms with Crippen molar-refractivity contribution in [2.75, 3.05) is 43.5 Å². The highest BCUT2D eigenvalue weighted by Crippen LogP contribution is 2.49. The minimum absolute atomic E-state index is 0.0153. The van der Waals surface area contributed by atoms with Crippen LogP contribution in [0.5, 0.6) is 5.75 Å².